The Labute approximate surface area is 164 Å². The zero-order valence-electron chi connectivity index (χ0n) is 16.2. The Balaban J connectivity index is 1.92. The van der Waals surface area contributed by atoms with Crippen LogP contribution in [0.5, 0.6) is 17.2 Å². The molecule has 7 nitrogen and oxygen atoms in total. The highest BCUT2D eigenvalue weighted by Gasteiger charge is 2.11. The van der Waals surface area contributed by atoms with Crippen LogP contribution in [-0.2, 0) is 11.2 Å². The van der Waals surface area contributed by atoms with Crippen molar-refractivity contribution in [3.05, 3.63) is 58.1 Å². The second-order valence-corrected chi connectivity index (χ2v) is 6.14. The van der Waals surface area contributed by atoms with Crippen LogP contribution in [0, 0.1) is 10.1 Å². The standard InChI is InChI=1S/C21H25NO6/c1-3-5-14-27-19-12-6-16(15-20(19)26-4-2)7-13-21(23)28-18-10-8-17(9-11-18)22(24)25/h6,8-12,15H,3-5,7,13-14H2,1-2H3. The van der Waals surface area contributed by atoms with Crippen LogP contribution in [0.25, 0.3) is 0 Å². The van der Waals surface area contributed by atoms with Crippen molar-refractivity contribution >= 4 is 11.7 Å². The fourth-order valence-corrected chi connectivity index (χ4v) is 2.49. The zero-order chi connectivity index (χ0) is 20.4. The van der Waals surface area contributed by atoms with Gasteiger partial charge >= 0.3 is 5.97 Å². The minimum Gasteiger partial charge on any atom is -0.490 e. The number of esters is 1. The number of hydrogen-bond donors (Lipinski definition) is 0. The van der Waals surface area contributed by atoms with E-state index in [9.17, 15) is 14.9 Å². The molecule has 2 aromatic carbocycles. The van der Waals surface area contributed by atoms with Gasteiger partial charge in [-0.05, 0) is 49.6 Å². The second-order valence-electron chi connectivity index (χ2n) is 6.14. The lowest BCUT2D eigenvalue weighted by atomic mass is 10.1. The average Bonchev–Trinajstić information content (AvgIpc) is 2.68. The second kappa shape index (κ2) is 10.9. The monoisotopic (exact) mass is 387 g/mol. The van der Waals surface area contributed by atoms with E-state index in [4.69, 9.17) is 14.2 Å². The molecule has 0 aliphatic rings. The molecule has 28 heavy (non-hydrogen) atoms. The van der Waals surface area contributed by atoms with Crippen LogP contribution in [0.1, 0.15) is 38.7 Å². The highest BCUT2D eigenvalue weighted by molar-refractivity contribution is 5.72. The lowest BCUT2D eigenvalue weighted by molar-refractivity contribution is -0.384. The molecule has 0 aromatic heterocycles. The summed E-state index contributed by atoms with van der Waals surface area (Å²) in [4.78, 5) is 22.2. The maximum absolute atomic E-state index is 12.0. The Hall–Kier alpha value is -3.09. The number of non-ortho nitro benzene ring substituents is 1. The van der Waals surface area contributed by atoms with Gasteiger partial charge in [0.25, 0.3) is 5.69 Å². The molecule has 0 spiro atoms. The van der Waals surface area contributed by atoms with Crippen molar-refractivity contribution < 1.29 is 23.9 Å². The van der Waals surface area contributed by atoms with Crippen molar-refractivity contribution in [1.82, 2.24) is 0 Å². The molecule has 0 heterocycles. The fraction of sp³-hybridized carbons (Fsp3) is 0.381. The van der Waals surface area contributed by atoms with Gasteiger partial charge in [-0.15, -0.1) is 0 Å². The first-order valence-electron chi connectivity index (χ1n) is 9.37. The van der Waals surface area contributed by atoms with E-state index in [-0.39, 0.29) is 17.9 Å². The number of aryl methyl sites for hydroxylation is 1. The van der Waals surface area contributed by atoms with Crippen LogP contribution in [0.4, 0.5) is 5.69 Å². The lowest BCUT2D eigenvalue weighted by Crippen LogP contribution is -2.09. The van der Waals surface area contributed by atoms with E-state index in [0.717, 1.165) is 18.4 Å². The van der Waals surface area contributed by atoms with Gasteiger partial charge in [-0.3, -0.25) is 14.9 Å². The molecule has 7 heteroatoms. The van der Waals surface area contributed by atoms with Crippen LogP contribution in [0.3, 0.4) is 0 Å². The number of nitro benzene ring substituents is 1. The summed E-state index contributed by atoms with van der Waals surface area (Å²) in [5.74, 6) is 1.24. The predicted molar refractivity (Wildman–Crippen MR) is 105 cm³/mol. The first-order chi connectivity index (χ1) is 13.5. The normalized spacial score (nSPS) is 10.4. The molecule has 0 aliphatic carbocycles. The lowest BCUT2D eigenvalue weighted by Gasteiger charge is -2.13. The first-order valence-corrected chi connectivity index (χ1v) is 9.37. The number of carbonyl (C=O) groups is 1. The molecule has 0 saturated carbocycles. The maximum atomic E-state index is 12.0. The van der Waals surface area contributed by atoms with E-state index < -0.39 is 10.9 Å². The van der Waals surface area contributed by atoms with Crippen molar-refractivity contribution in [3.63, 3.8) is 0 Å². The number of unbranched alkanes of at least 4 members (excludes halogenated alkanes) is 1. The molecule has 150 valence electrons. The highest BCUT2D eigenvalue weighted by Crippen LogP contribution is 2.29. The van der Waals surface area contributed by atoms with Crippen LogP contribution < -0.4 is 14.2 Å². The number of nitro groups is 1. The third-order valence-electron chi connectivity index (χ3n) is 3.96. The quantitative estimate of drug-likeness (QED) is 0.182. The minimum atomic E-state index is -0.503. The number of nitrogens with zero attached hydrogens (tertiary/aromatic N) is 1. The fourth-order valence-electron chi connectivity index (χ4n) is 2.49. The molecule has 0 atom stereocenters. The third-order valence-corrected chi connectivity index (χ3v) is 3.96. The van der Waals surface area contributed by atoms with E-state index in [1.54, 1.807) is 0 Å². The van der Waals surface area contributed by atoms with E-state index in [0.29, 0.717) is 31.1 Å². The van der Waals surface area contributed by atoms with Crippen LogP contribution >= 0.6 is 0 Å². The molecule has 0 fully saturated rings. The molecular formula is C21H25NO6. The Bertz CT molecular complexity index is 788. The zero-order valence-corrected chi connectivity index (χ0v) is 16.2. The van der Waals surface area contributed by atoms with Crippen LogP contribution in [-0.4, -0.2) is 24.1 Å². The molecule has 0 unspecified atom stereocenters. The van der Waals surface area contributed by atoms with Gasteiger partial charge in [-0.25, -0.2) is 0 Å². The highest BCUT2D eigenvalue weighted by atomic mass is 16.6. The summed E-state index contributed by atoms with van der Waals surface area (Å²) < 4.78 is 16.6. The summed E-state index contributed by atoms with van der Waals surface area (Å²) in [6.45, 7) is 5.17. The van der Waals surface area contributed by atoms with Crippen LogP contribution in [0.15, 0.2) is 42.5 Å². The Kier molecular flexibility index (Phi) is 8.27. The van der Waals surface area contributed by atoms with E-state index in [2.05, 4.69) is 6.92 Å². The van der Waals surface area contributed by atoms with Crippen molar-refractivity contribution in [1.29, 1.82) is 0 Å². The SMILES string of the molecule is CCCCOc1ccc(CCC(=O)Oc2ccc([N+](=O)[O-])cc2)cc1OCC. The minimum absolute atomic E-state index is 0.0514. The van der Waals surface area contributed by atoms with Gasteiger partial charge in [-0.2, -0.15) is 0 Å². The smallest absolute Gasteiger partial charge is 0.311 e. The number of carbonyl (C=O) groups excluding carboxylic acids is 1. The molecule has 0 saturated heterocycles. The number of hydrogen-bond acceptors (Lipinski definition) is 6. The first kappa shape index (κ1) is 21.2. The van der Waals surface area contributed by atoms with Crippen LogP contribution in [0.2, 0.25) is 0 Å². The van der Waals surface area contributed by atoms with Gasteiger partial charge in [0.2, 0.25) is 0 Å². The third kappa shape index (κ3) is 6.57. The Morgan fingerprint density at radius 2 is 1.79 bits per heavy atom. The van der Waals surface area contributed by atoms with Gasteiger partial charge in [0.1, 0.15) is 5.75 Å². The van der Waals surface area contributed by atoms with E-state index in [1.165, 1.54) is 24.3 Å². The molecule has 2 rings (SSSR count). The summed E-state index contributed by atoms with van der Waals surface area (Å²) in [5.41, 5.74) is 0.886. The summed E-state index contributed by atoms with van der Waals surface area (Å²) in [5, 5.41) is 10.6. The van der Waals surface area contributed by atoms with E-state index in [1.807, 2.05) is 25.1 Å². The van der Waals surface area contributed by atoms with Gasteiger partial charge < -0.3 is 14.2 Å². The maximum Gasteiger partial charge on any atom is 0.311 e. The molecule has 0 aliphatic heterocycles. The summed E-state index contributed by atoms with van der Waals surface area (Å²) in [6, 6.07) is 11.1. The molecule has 0 bridgehead atoms. The Morgan fingerprint density at radius 3 is 2.43 bits per heavy atom. The summed E-state index contributed by atoms with van der Waals surface area (Å²) in [6.07, 6.45) is 2.69. The molecule has 0 amide bonds. The van der Waals surface area contributed by atoms with Gasteiger partial charge in [0.05, 0.1) is 18.1 Å². The summed E-state index contributed by atoms with van der Waals surface area (Å²) in [7, 11) is 0. The Morgan fingerprint density at radius 1 is 1.04 bits per heavy atom. The van der Waals surface area contributed by atoms with Gasteiger partial charge in [0, 0.05) is 18.6 Å². The van der Waals surface area contributed by atoms with Gasteiger partial charge in [0.15, 0.2) is 11.5 Å². The topological polar surface area (TPSA) is 87.9 Å². The average molecular weight is 387 g/mol. The molecule has 0 radical (unpaired) electrons. The predicted octanol–water partition coefficient (Wildman–Crippen LogP) is 4.71. The molecule has 0 N–H and O–H groups in total. The van der Waals surface area contributed by atoms with Crippen molar-refractivity contribution in [2.45, 2.75) is 39.5 Å². The van der Waals surface area contributed by atoms with Crippen molar-refractivity contribution in [2.24, 2.45) is 0 Å². The number of ether oxygens (including phenoxy) is 3. The molecular weight excluding hydrogens is 362 g/mol. The number of benzene rings is 2. The van der Waals surface area contributed by atoms with Gasteiger partial charge in [-0.1, -0.05) is 19.4 Å². The molecule has 2 aromatic rings. The van der Waals surface area contributed by atoms with Crippen molar-refractivity contribution in [3.8, 4) is 17.2 Å². The summed E-state index contributed by atoms with van der Waals surface area (Å²) >= 11 is 0. The number of rotatable bonds is 11. The van der Waals surface area contributed by atoms with E-state index >= 15 is 0 Å². The van der Waals surface area contributed by atoms with Crippen molar-refractivity contribution in [2.75, 3.05) is 13.2 Å². The largest absolute Gasteiger partial charge is 0.490 e.